The van der Waals surface area contributed by atoms with Crippen LogP contribution in [-0.4, -0.2) is 11.4 Å². The van der Waals surface area contributed by atoms with Gasteiger partial charge in [0.2, 0.25) is 0 Å². The molecule has 22 heavy (non-hydrogen) atoms. The first kappa shape index (κ1) is 13.5. The second kappa shape index (κ2) is 5.26. The topological polar surface area (TPSA) is 3.01 Å². The number of hydrogen-bond acceptors (Lipinski definition) is 0. The van der Waals surface area contributed by atoms with Crippen LogP contribution >= 0.6 is 7.05 Å². The summed E-state index contributed by atoms with van der Waals surface area (Å²) >= 11 is 0. The first-order valence-corrected chi connectivity index (χ1v) is 9.38. The van der Waals surface area contributed by atoms with E-state index in [4.69, 9.17) is 0 Å². The number of nitrogens with zero attached hydrogens (tertiary/aromatic N) is 1. The minimum Gasteiger partial charge on any atom is -0.247 e. The smallest absolute Gasteiger partial charge is 0.184 e. The third-order valence-corrected chi connectivity index (χ3v) is 8.90. The zero-order valence-electron chi connectivity index (χ0n) is 12.7. The standard InChI is InChI=1S/C20H19NP/c1-21-16-17-10-8-9-15-20(17)22(21,18-11-4-2-5-12-18)19-13-6-3-7-14-19/h2-15H,16H2,1H3/q+1. The van der Waals surface area contributed by atoms with Crippen molar-refractivity contribution >= 4 is 23.0 Å². The van der Waals surface area contributed by atoms with Crippen LogP contribution in [0.5, 0.6) is 0 Å². The van der Waals surface area contributed by atoms with Crippen molar-refractivity contribution in [2.45, 2.75) is 6.54 Å². The van der Waals surface area contributed by atoms with Gasteiger partial charge in [0.15, 0.2) is 13.6 Å². The lowest BCUT2D eigenvalue weighted by atomic mass is 10.2. The Hall–Kier alpha value is -2.11. The van der Waals surface area contributed by atoms with E-state index in [9.17, 15) is 0 Å². The summed E-state index contributed by atoms with van der Waals surface area (Å²) in [4.78, 5) is 0. The van der Waals surface area contributed by atoms with Crippen LogP contribution in [0.2, 0.25) is 0 Å². The summed E-state index contributed by atoms with van der Waals surface area (Å²) in [6.45, 7) is 1.02. The van der Waals surface area contributed by atoms with E-state index in [0.29, 0.717) is 0 Å². The van der Waals surface area contributed by atoms with Crippen LogP contribution in [-0.2, 0) is 6.54 Å². The molecule has 0 saturated heterocycles. The Morgan fingerprint density at radius 1 is 0.682 bits per heavy atom. The van der Waals surface area contributed by atoms with Gasteiger partial charge in [-0.05, 0) is 30.3 Å². The summed E-state index contributed by atoms with van der Waals surface area (Å²) in [6, 6.07) is 31.0. The van der Waals surface area contributed by atoms with Gasteiger partial charge in [-0.15, -0.1) is 0 Å². The molecule has 0 saturated carbocycles. The zero-order valence-corrected chi connectivity index (χ0v) is 13.6. The summed E-state index contributed by atoms with van der Waals surface area (Å²) in [5.74, 6) is 0. The molecule has 2 heteroatoms. The van der Waals surface area contributed by atoms with E-state index in [1.807, 2.05) is 0 Å². The van der Waals surface area contributed by atoms with Gasteiger partial charge in [-0.25, -0.2) is 4.33 Å². The average Bonchev–Trinajstić information content (AvgIpc) is 2.89. The van der Waals surface area contributed by atoms with E-state index in [1.165, 1.54) is 21.5 Å². The van der Waals surface area contributed by atoms with Crippen LogP contribution in [0.1, 0.15) is 5.56 Å². The monoisotopic (exact) mass is 304 g/mol. The third kappa shape index (κ3) is 1.82. The van der Waals surface area contributed by atoms with Crippen LogP contribution < -0.4 is 15.9 Å². The van der Waals surface area contributed by atoms with Gasteiger partial charge in [-0.2, -0.15) is 0 Å². The first-order valence-electron chi connectivity index (χ1n) is 7.64. The number of rotatable bonds is 2. The molecular formula is C20H19NP+. The second-order valence-corrected chi connectivity index (χ2v) is 9.22. The summed E-state index contributed by atoms with van der Waals surface area (Å²) in [6.07, 6.45) is 0. The first-order chi connectivity index (χ1) is 10.8. The molecule has 3 aromatic carbocycles. The van der Waals surface area contributed by atoms with E-state index in [2.05, 4.69) is 96.3 Å². The van der Waals surface area contributed by atoms with Crippen LogP contribution in [0, 0.1) is 0 Å². The summed E-state index contributed by atoms with van der Waals surface area (Å²) in [5, 5.41) is 4.39. The Kier molecular flexibility index (Phi) is 3.24. The molecule has 3 aromatic rings. The third-order valence-electron chi connectivity index (χ3n) is 4.51. The van der Waals surface area contributed by atoms with Crippen molar-refractivity contribution in [2.75, 3.05) is 7.05 Å². The van der Waals surface area contributed by atoms with Crippen LogP contribution in [0.3, 0.4) is 0 Å². The van der Waals surface area contributed by atoms with E-state index >= 15 is 0 Å². The minimum absolute atomic E-state index is 1.02. The Balaban J connectivity index is 2.14. The summed E-state index contributed by atoms with van der Waals surface area (Å²) in [7, 11) is 0.572. The lowest BCUT2D eigenvalue weighted by molar-refractivity contribution is -0.488. The van der Waals surface area contributed by atoms with E-state index < -0.39 is 7.05 Å². The van der Waals surface area contributed by atoms with Gasteiger partial charge in [-0.1, -0.05) is 54.6 Å². The highest BCUT2D eigenvalue weighted by Gasteiger charge is 2.42. The van der Waals surface area contributed by atoms with Gasteiger partial charge in [0.25, 0.3) is 0 Å². The molecule has 1 aliphatic rings. The van der Waals surface area contributed by atoms with Crippen LogP contribution in [0.4, 0.5) is 0 Å². The molecule has 0 aromatic heterocycles. The Bertz CT molecular complexity index is 823. The maximum Gasteiger partial charge on any atom is 0.184 e. The lowest BCUT2D eigenvalue weighted by Gasteiger charge is -2.20. The largest absolute Gasteiger partial charge is 0.247 e. The second-order valence-electron chi connectivity index (χ2n) is 5.75. The molecule has 1 aliphatic heterocycles. The van der Waals surface area contributed by atoms with Gasteiger partial charge >= 0.3 is 0 Å². The maximum atomic E-state index is 2.57. The molecule has 0 unspecified atom stereocenters. The van der Waals surface area contributed by atoms with Gasteiger partial charge in [0.05, 0.1) is 5.30 Å². The molecule has 0 aliphatic carbocycles. The molecule has 0 amide bonds. The van der Waals surface area contributed by atoms with Crippen molar-refractivity contribution < 1.29 is 4.33 Å². The highest BCUT2D eigenvalue weighted by atomic mass is 31.2. The number of fused-ring (bicyclic) bond motifs is 1. The molecule has 4 rings (SSSR count). The van der Waals surface area contributed by atoms with Crippen LogP contribution in [0.15, 0.2) is 84.9 Å². The fraction of sp³-hybridized carbons (Fsp3) is 0.100. The van der Waals surface area contributed by atoms with Gasteiger partial charge in [0.1, 0.15) is 7.05 Å². The Morgan fingerprint density at radius 3 is 1.77 bits per heavy atom. The predicted molar refractivity (Wildman–Crippen MR) is 95.0 cm³/mol. The van der Waals surface area contributed by atoms with Crippen molar-refractivity contribution in [2.24, 2.45) is 0 Å². The van der Waals surface area contributed by atoms with Crippen molar-refractivity contribution in [3.63, 3.8) is 0 Å². The molecule has 1 nitrogen and oxygen atoms in total. The molecule has 0 N–H and O–H groups in total. The van der Waals surface area contributed by atoms with Crippen LogP contribution in [0.25, 0.3) is 0 Å². The molecule has 0 spiro atoms. The van der Waals surface area contributed by atoms with Gasteiger partial charge in [0, 0.05) is 16.2 Å². The van der Waals surface area contributed by atoms with Crippen molar-refractivity contribution in [3.05, 3.63) is 90.5 Å². The molecule has 0 atom stereocenters. The number of hydrogen-bond donors (Lipinski definition) is 0. The highest BCUT2D eigenvalue weighted by molar-refractivity contribution is 7.85. The van der Waals surface area contributed by atoms with Gasteiger partial charge in [-0.3, -0.25) is 0 Å². The normalized spacial score (nSPS) is 15.6. The Labute approximate surface area is 131 Å². The van der Waals surface area contributed by atoms with Crippen molar-refractivity contribution in [3.8, 4) is 0 Å². The summed E-state index contributed by atoms with van der Waals surface area (Å²) in [5.41, 5.74) is 1.46. The molecule has 0 fully saturated rings. The maximum absolute atomic E-state index is 2.57. The van der Waals surface area contributed by atoms with Gasteiger partial charge < -0.3 is 0 Å². The molecule has 1 heterocycles. The van der Waals surface area contributed by atoms with Crippen molar-refractivity contribution in [1.29, 1.82) is 0 Å². The predicted octanol–water partition coefficient (Wildman–Crippen LogP) is 3.32. The fourth-order valence-corrected chi connectivity index (χ4v) is 8.05. The summed E-state index contributed by atoms with van der Waals surface area (Å²) < 4.78 is 2.57. The van der Waals surface area contributed by atoms with Crippen molar-refractivity contribution in [1.82, 2.24) is 0 Å². The zero-order chi connectivity index (χ0) is 15.0. The highest BCUT2D eigenvalue weighted by Crippen LogP contribution is 2.49. The van der Waals surface area contributed by atoms with E-state index in [-0.39, 0.29) is 0 Å². The molecule has 0 bridgehead atoms. The molecular weight excluding hydrogens is 285 g/mol. The quantitative estimate of drug-likeness (QED) is 0.639. The SMILES string of the molecule is C[N+]1=P(c2ccccc2)(c2ccccc2)c2ccccc2C1. The molecule has 108 valence electrons. The van der Waals surface area contributed by atoms with E-state index in [1.54, 1.807) is 0 Å². The minimum atomic E-state index is -1.70. The Morgan fingerprint density at radius 2 is 1.18 bits per heavy atom. The molecule has 0 radical (unpaired) electrons. The fourth-order valence-electron chi connectivity index (χ4n) is 3.61. The van der Waals surface area contributed by atoms with E-state index in [0.717, 1.165) is 6.54 Å². The number of benzene rings is 3. The average molecular weight is 304 g/mol. The lowest BCUT2D eigenvalue weighted by Crippen LogP contribution is -2.27.